The standard InChI is InChI=1S/C12H15N3O2/c1-15-6-5-14-12(15)7-10(16)9-3-4-13-8-11(9)17-2/h3-6,8,10,16H,7H2,1-2H3. The van der Waals surface area contributed by atoms with Crippen molar-refractivity contribution in [1.82, 2.24) is 14.5 Å². The Labute approximate surface area is 99.7 Å². The molecule has 0 spiro atoms. The number of pyridine rings is 1. The smallest absolute Gasteiger partial charge is 0.142 e. The van der Waals surface area contributed by atoms with Gasteiger partial charge in [0.15, 0.2) is 0 Å². The van der Waals surface area contributed by atoms with Crippen LogP contribution >= 0.6 is 0 Å². The van der Waals surface area contributed by atoms with Crippen molar-refractivity contribution in [2.75, 3.05) is 7.11 Å². The first-order valence-electron chi connectivity index (χ1n) is 5.34. The Morgan fingerprint density at radius 3 is 2.94 bits per heavy atom. The third kappa shape index (κ3) is 2.45. The second-order valence-electron chi connectivity index (χ2n) is 3.79. The first kappa shape index (κ1) is 11.6. The summed E-state index contributed by atoms with van der Waals surface area (Å²) in [5.41, 5.74) is 0.727. The first-order valence-corrected chi connectivity index (χ1v) is 5.34. The van der Waals surface area contributed by atoms with E-state index in [0.717, 1.165) is 11.4 Å². The Hall–Kier alpha value is -1.88. The van der Waals surface area contributed by atoms with Gasteiger partial charge in [-0.05, 0) is 6.07 Å². The highest BCUT2D eigenvalue weighted by Crippen LogP contribution is 2.25. The molecule has 2 aromatic heterocycles. The quantitative estimate of drug-likeness (QED) is 0.859. The highest BCUT2D eigenvalue weighted by molar-refractivity contribution is 5.32. The van der Waals surface area contributed by atoms with Gasteiger partial charge in [0.2, 0.25) is 0 Å². The summed E-state index contributed by atoms with van der Waals surface area (Å²) in [5.74, 6) is 1.42. The third-order valence-corrected chi connectivity index (χ3v) is 2.69. The van der Waals surface area contributed by atoms with Gasteiger partial charge in [0.1, 0.15) is 11.6 Å². The molecule has 1 N–H and O–H groups in total. The van der Waals surface area contributed by atoms with Crippen molar-refractivity contribution in [3.63, 3.8) is 0 Å². The Kier molecular flexibility index (Phi) is 3.39. The zero-order chi connectivity index (χ0) is 12.3. The summed E-state index contributed by atoms with van der Waals surface area (Å²) in [7, 11) is 3.47. The van der Waals surface area contributed by atoms with Crippen LogP contribution in [0.5, 0.6) is 5.75 Å². The van der Waals surface area contributed by atoms with E-state index >= 15 is 0 Å². The van der Waals surface area contributed by atoms with Crippen LogP contribution in [0.2, 0.25) is 0 Å². The molecular formula is C12H15N3O2. The summed E-state index contributed by atoms with van der Waals surface area (Å²) < 4.78 is 7.05. The Morgan fingerprint density at radius 1 is 1.47 bits per heavy atom. The normalized spacial score (nSPS) is 12.4. The van der Waals surface area contributed by atoms with Gasteiger partial charge in [0.25, 0.3) is 0 Å². The van der Waals surface area contributed by atoms with E-state index in [4.69, 9.17) is 4.74 Å². The van der Waals surface area contributed by atoms with Gasteiger partial charge in [-0.2, -0.15) is 0 Å². The fourth-order valence-electron chi connectivity index (χ4n) is 1.71. The lowest BCUT2D eigenvalue weighted by atomic mass is 10.1. The lowest BCUT2D eigenvalue weighted by Crippen LogP contribution is -2.08. The zero-order valence-corrected chi connectivity index (χ0v) is 9.87. The molecular weight excluding hydrogens is 218 g/mol. The number of imidazole rings is 1. The molecule has 1 unspecified atom stereocenters. The summed E-state index contributed by atoms with van der Waals surface area (Å²) in [6.45, 7) is 0. The van der Waals surface area contributed by atoms with Gasteiger partial charge in [-0.3, -0.25) is 4.98 Å². The lowest BCUT2D eigenvalue weighted by molar-refractivity contribution is 0.170. The Balaban J connectivity index is 2.20. The molecule has 0 aliphatic rings. The van der Waals surface area contributed by atoms with Crippen molar-refractivity contribution in [1.29, 1.82) is 0 Å². The number of rotatable bonds is 4. The number of hydrogen-bond acceptors (Lipinski definition) is 4. The molecule has 0 aliphatic carbocycles. The van der Waals surface area contributed by atoms with Gasteiger partial charge in [-0.25, -0.2) is 4.98 Å². The van der Waals surface area contributed by atoms with Crippen LogP contribution in [0, 0.1) is 0 Å². The van der Waals surface area contributed by atoms with Gasteiger partial charge in [-0.1, -0.05) is 0 Å². The molecule has 2 rings (SSSR count). The molecule has 0 aromatic carbocycles. The maximum atomic E-state index is 10.2. The predicted molar refractivity (Wildman–Crippen MR) is 62.7 cm³/mol. The van der Waals surface area contributed by atoms with Crippen molar-refractivity contribution < 1.29 is 9.84 Å². The summed E-state index contributed by atoms with van der Waals surface area (Å²) >= 11 is 0. The van der Waals surface area contributed by atoms with E-state index in [0.29, 0.717) is 12.2 Å². The molecule has 2 aromatic rings. The number of nitrogens with zero attached hydrogens (tertiary/aromatic N) is 3. The summed E-state index contributed by atoms with van der Waals surface area (Å²) in [4.78, 5) is 8.14. The molecule has 5 heteroatoms. The maximum absolute atomic E-state index is 10.2. The minimum Gasteiger partial charge on any atom is -0.495 e. The molecule has 0 amide bonds. The number of aromatic nitrogens is 3. The highest BCUT2D eigenvalue weighted by atomic mass is 16.5. The molecule has 90 valence electrons. The van der Waals surface area contributed by atoms with E-state index in [9.17, 15) is 5.11 Å². The van der Waals surface area contributed by atoms with Crippen molar-refractivity contribution in [2.45, 2.75) is 12.5 Å². The number of hydrogen-bond donors (Lipinski definition) is 1. The molecule has 0 saturated heterocycles. The fraction of sp³-hybridized carbons (Fsp3) is 0.333. The summed E-state index contributed by atoms with van der Waals surface area (Å²) in [6.07, 6.45) is 6.60. The van der Waals surface area contributed by atoms with E-state index in [2.05, 4.69) is 9.97 Å². The average molecular weight is 233 g/mol. The maximum Gasteiger partial charge on any atom is 0.142 e. The van der Waals surface area contributed by atoms with Crippen molar-refractivity contribution in [2.24, 2.45) is 7.05 Å². The Bertz CT molecular complexity index is 496. The number of methoxy groups -OCH3 is 1. The minimum absolute atomic E-state index is 0.448. The van der Waals surface area contributed by atoms with Crippen molar-refractivity contribution in [3.8, 4) is 5.75 Å². The summed E-state index contributed by atoms with van der Waals surface area (Å²) in [6, 6.07) is 1.76. The Morgan fingerprint density at radius 2 is 2.29 bits per heavy atom. The number of aliphatic hydroxyl groups is 1. The molecule has 2 heterocycles. The van der Waals surface area contributed by atoms with Crippen molar-refractivity contribution in [3.05, 3.63) is 42.2 Å². The summed E-state index contributed by atoms with van der Waals surface area (Å²) in [5, 5.41) is 10.2. The van der Waals surface area contributed by atoms with E-state index in [1.165, 1.54) is 0 Å². The monoisotopic (exact) mass is 233 g/mol. The fourth-order valence-corrected chi connectivity index (χ4v) is 1.71. The van der Waals surface area contributed by atoms with Crippen LogP contribution in [0.15, 0.2) is 30.9 Å². The van der Waals surface area contributed by atoms with Gasteiger partial charge < -0.3 is 14.4 Å². The first-order chi connectivity index (χ1) is 8.22. The molecule has 0 radical (unpaired) electrons. The molecule has 0 fully saturated rings. The van der Waals surface area contributed by atoms with E-state index in [1.54, 1.807) is 31.8 Å². The molecule has 0 aliphatic heterocycles. The largest absolute Gasteiger partial charge is 0.495 e. The molecule has 5 nitrogen and oxygen atoms in total. The minimum atomic E-state index is -0.644. The second-order valence-corrected chi connectivity index (χ2v) is 3.79. The number of aryl methyl sites for hydroxylation is 1. The number of ether oxygens (including phenoxy) is 1. The van der Waals surface area contributed by atoms with E-state index in [-0.39, 0.29) is 0 Å². The highest BCUT2D eigenvalue weighted by Gasteiger charge is 2.15. The average Bonchev–Trinajstić information content (AvgIpc) is 2.75. The van der Waals surface area contributed by atoms with Crippen LogP contribution in [0.4, 0.5) is 0 Å². The second kappa shape index (κ2) is 4.97. The number of aliphatic hydroxyl groups excluding tert-OH is 1. The van der Waals surface area contributed by atoms with Crippen LogP contribution in [-0.2, 0) is 13.5 Å². The van der Waals surface area contributed by atoms with Crippen LogP contribution in [-0.4, -0.2) is 26.8 Å². The van der Waals surface area contributed by atoms with Gasteiger partial charge in [0, 0.05) is 37.6 Å². The van der Waals surface area contributed by atoms with E-state index < -0.39 is 6.10 Å². The molecule has 0 bridgehead atoms. The van der Waals surface area contributed by atoms with Gasteiger partial charge in [-0.15, -0.1) is 0 Å². The van der Waals surface area contributed by atoms with Crippen molar-refractivity contribution >= 4 is 0 Å². The zero-order valence-electron chi connectivity index (χ0n) is 9.87. The van der Waals surface area contributed by atoms with Gasteiger partial charge in [0.05, 0.1) is 19.4 Å². The third-order valence-electron chi connectivity index (χ3n) is 2.69. The topological polar surface area (TPSA) is 60.2 Å². The van der Waals surface area contributed by atoms with Crippen LogP contribution in [0.3, 0.4) is 0 Å². The van der Waals surface area contributed by atoms with Crippen LogP contribution < -0.4 is 4.74 Å². The SMILES string of the molecule is COc1cnccc1C(O)Cc1nccn1C. The van der Waals surface area contributed by atoms with Gasteiger partial charge >= 0.3 is 0 Å². The van der Waals surface area contributed by atoms with Crippen LogP contribution in [0.25, 0.3) is 0 Å². The lowest BCUT2D eigenvalue weighted by Gasteiger charge is -2.13. The predicted octanol–water partition coefficient (Wildman–Crippen LogP) is 1.10. The molecule has 1 atom stereocenters. The van der Waals surface area contributed by atoms with E-state index in [1.807, 2.05) is 17.8 Å². The molecule has 17 heavy (non-hydrogen) atoms. The molecule has 0 saturated carbocycles. The van der Waals surface area contributed by atoms with Crippen LogP contribution in [0.1, 0.15) is 17.5 Å².